The van der Waals surface area contributed by atoms with Gasteiger partial charge in [-0.1, -0.05) is 42.0 Å². The number of hydrogen-bond donors (Lipinski definition) is 1. The first-order chi connectivity index (χ1) is 14.2. The third-order valence-corrected chi connectivity index (χ3v) is 6.75. The Hall–Kier alpha value is -1.97. The predicted molar refractivity (Wildman–Crippen MR) is 118 cm³/mol. The summed E-state index contributed by atoms with van der Waals surface area (Å²) < 4.78 is 0. The van der Waals surface area contributed by atoms with Crippen LogP contribution in [0.4, 0.5) is 0 Å². The highest BCUT2D eigenvalue weighted by molar-refractivity contribution is 5.96. The molecule has 2 aliphatic heterocycles. The van der Waals surface area contributed by atoms with Crippen LogP contribution >= 0.6 is 0 Å². The summed E-state index contributed by atoms with van der Waals surface area (Å²) in [5.41, 5.74) is 6.46. The van der Waals surface area contributed by atoms with Crippen LogP contribution < -0.4 is 5.32 Å². The number of Topliss-reactive ketones (excluding diaryl/α,β-unsaturated/α-hetero) is 1. The zero-order valence-electron chi connectivity index (χ0n) is 17.8. The van der Waals surface area contributed by atoms with Crippen LogP contribution in [0.2, 0.25) is 0 Å². The molecule has 29 heavy (non-hydrogen) atoms. The Morgan fingerprint density at radius 2 is 1.83 bits per heavy atom. The third kappa shape index (κ3) is 5.55. The van der Waals surface area contributed by atoms with Crippen molar-refractivity contribution in [3.63, 3.8) is 0 Å². The maximum atomic E-state index is 12.8. The van der Waals surface area contributed by atoms with Crippen molar-refractivity contribution in [1.29, 1.82) is 0 Å². The van der Waals surface area contributed by atoms with Crippen LogP contribution in [0.5, 0.6) is 0 Å². The van der Waals surface area contributed by atoms with Crippen molar-refractivity contribution in [3.05, 3.63) is 70.3 Å². The summed E-state index contributed by atoms with van der Waals surface area (Å²) in [4.78, 5) is 15.3. The van der Waals surface area contributed by atoms with Gasteiger partial charge in [-0.2, -0.15) is 0 Å². The second kappa shape index (κ2) is 9.69. The second-order valence-electron chi connectivity index (χ2n) is 9.02. The smallest absolute Gasteiger partial charge is 0.162 e. The predicted octanol–water partition coefficient (Wildman–Crippen LogP) is 3.53. The number of benzene rings is 2. The number of rotatable bonds is 6. The monoisotopic (exact) mass is 391 g/mol. The van der Waals surface area contributed by atoms with Crippen molar-refractivity contribution in [2.24, 2.45) is 5.92 Å². The number of quaternary nitrogens is 1. The fourth-order valence-electron chi connectivity index (χ4n) is 4.94. The van der Waals surface area contributed by atoms with Gasteiger partial charge in [0.1, 0.15) is 0 Å². The molecule has 0 unspecified atom stereocenters. The van der Waals surface area contributed by atoms with Gasteiger partial charge < -0.3 is 5.32 Å². The highest BCUT2D eigenvalue weighted by Gasteiger charge is 2.19. The van der Waals surface area contributed by atoms with Gasteiger partial charge in [-0.15, -0.1) is 0 Å². The minimum absolute atomic E-state index is 0.336. The number of hydrogen-bond acceptors (Lipinski definition) is 2. The molecule has 154 valence electrons. The fraction of sp³-hybridized carbons (Fsp3) is 0.500. The summed E-state index contributed by atoms with van der Waals surface area (Å²) >= 11 is 0. The number of carbonyl (C=O) groups excluding carboxylic acids is 1. The number of fused-ring (bicyclic) bond motifs is 1. The maximum Gasteiger partial charge on any atom is 0.162 e. The van der Waals surface area contributed by atoms with E-state index in [-0.39, 0.29) is 0 Å². The van der Waals surface area contributed by atoms with E-state index in [1.165, 1.54) is 48.2 Å². The van der Waals surface area contributed by atoms with Gasteiger partial charge in [0.2, 0.25) is 0 Å². The molecule has 4 rings (SSSR count). The van der Waals surface area contributed by atoms with E-state index in [9.17, 15) is 4.79 Å². The van der Waals surface area contributed by atoms with Gasteiger partial charge in [0.25, 0.3) is 0 Å². The van der Waals surface area contributed by atoms with Gasteiger partial charge in [-0.3, -0.25) is 9.69 Å². The Balaban J connectivity index is 1.35. The summed E-state index contributed by atoms with van der Waals surface area (Å²) in [5.74, 6) is 1.09. The van der Waals surface area contributed by atoms with Crippen molar-refractivity contribution in [3.8, 4) is 0 Å². The van der Waals surface area contributed by atoms with Crippen molar-refractivity contribution in [2.45, 2.75) is 52.0 Å². The fourth-order valence-corrected chi connectivity index (χ4v) is 4.94. The third-order valence-electron chi connectivity index (χ3n) is 6.75. The van der Waals surface area contributed by atoms with E-state index in [4.69, 9.17) is 0 Å². The minimum atomic E-state index is 0.336. The number of nitrogens with two attached hydrogens (primary N) is 1. The first kappa shape index (κ1) is 20.3. The molecule has 1 fully saturated rings. The van der Waals surface area contributed by atoms with E-state index in [0.717, 1.165) is 50.4 Å². The maximum absolute atomic E-state index is 12.8. The van der Waals surface area contributed by atoms with Gasteiger partial charge in [0, 0.05) is 31.6 Å². The van der Waals surface area contributed by atoms with E-state index >= 15 is 0 Å². The Morgan fingerprint density at radius 3 is 2.62 bits per heavy atom. The van der Waals surface area contributed by atoms with E-state index < -0.39 is 0 Å². The number of ketones is 1. The molecule has 2 aromatic rings. The molecule has 0 amide bonds. The highest BCUT2D eigenvalue weighted by atomic mass is 16.1. The quantitative estimate of drug-likeness (QED) is 0.765. The van der Waals surface area contributed by atoms with Crippen LogP contribution in [0.25, 0.3) is 0 Å². The molecule has 0 aliphatic carbocycles. The average Bonchev–Trinajstić information content (AvgIpc) is 2.95. The number of aryl methyl sites for hydroxylation is 1. The van der Waals surface area contributed by atoms with E-state index in [1.807, 2.05) is 0 Å². The van der Waals surface area contributed by atoms with Crippen LogP contribution in [0.15, 0.2) is 42.5 Å². The average molecular weight is 392 g/mol. The summed E-state index contributed by atoms with van der Waals surface area (Å²) in [5, 5.41) is 2.40. The Kier molecular flexibility index (Phi) is 6.78. The summed E-state index contributed by atoms with van der Waals surface area (Å²) in [7, 11) is 0. The molecule has 2 heterocycles. The lowest BCUT2D eigenvalue weighted by molar-refractivity contribution is -0.664. The molecule has 2 aliphatic rings. The molecule has 0 spiro atoms. The second-order valence-corrected chi connectivity index (χ2v) is 9.02. The van der Waals surface area contributed by atoms with Crippen LogP contribution in [0.3, 0.4) is 0 Å². The molecule has 0 radical (unpaired) electrons. The van der Waals surface area contributed by atoms with Gasteiger partial charge in [-0.05, 0) is 67.7 Å². The highest BCUT2D eigenvalue weighted by Crippen LogP contribution is 2.22. The van der Waals surface area contributed by atoms with Gasteiger partial charge in [-0.25, -0.2) is 0 Å². The van der Waals surface area contributed by atoms with E-state index in [1.54, 1.807) is 0 Å². The van der Waals surface area contributed by atoms with Crippen LogP contribution in [-0.4, -0.2) is 36.9 Å². The summed E-state index contributed by atoms with van der Waals surface area (Å²) in [6, 6.07) is 15.3. The molecule has 3 heteroatoms. The topological polar surface area (TPSA) is 36.9 Å². The molecule has 0 bridgehead atoms. The Morgan fingerprint density at radius 1 is 1.03 bits per heavy atom. The molecular weight excluding hydrogens is 356 g/mol. The summed E-state index contributed by atoms with van der Waals surface area (Å²) in [6.07, 6.45) is 6.44. The van der Waals surface area contributed by atoms with Crippen molar-refractivity contribution in [2.75, 3.05) is 26.2 Å². The van der Waals surface area contributed by atoms with Crippen molar-refractivity contribution in [1.82, 2.24) is 4.90 Å². The van der Waals surface area contributed by atoms with Crippen molar-refractivity contribution < 1.29 is 10.1 Å². The number of piperidine rings is 1. The van der Waals surface area contributed by atoms with Gasteiger partial charge >= 0.3 is 0 Å². The van der Waals surface area contributed by atoms with Crippen molar-refractivity contribution >= 4 is 5.78 Å². The van der Waals surface area contributed by atoms with Crippen LogP contribution in [0.1, 0.15) is 58.3 Å². The molecule has 1 saturated heterocycles. The molecule has 0 aromatic heterocycles. The Labute approximate surface area is 175 Å². The SMILES string of the molecule is Cc1cccc(CN2CCc3ccc(C(=O)CCC4CC[NH2+]CC4)cc3CC2)c1. The normalized spacial score (nSPS) is 18.2. The first-order valence-corrected chi connectivity index (χ1v) is 11.4. The Bertz CT molecular complexity index is 838. The lowest BCUT2D eigenvalue weighted by atomic mass is 9.90. The molecule has 0 saturated carbocycles. The molecule has 2 N–H and O–H groups in total. The molecule has 2 aromatic carbocycles. The zero-order valence-corrected chi connectivity index (χ0v) is 17.8. The number of nitrogens with zero attached hydrogens (tertiary/aromatic N) is 1. The zero-order chi connectivity index (χ0) is 20.1. The van der Waals surface area contributed by atoms with Gasteiger partial charge in [0.15, 0.2) is 5.78 Å². The molecule has 0 atom stereocenters. The number of carbonyl (C=O) groups is 1. The standard InChI is InChI=1S/C26H34N2O/c1-20-3-2-4-22(17-20)19-28-15-11-23-6-7-25(18-24(23)12-16-28)26(29)8-5-21-9-13-27-14-10-21/h2-4,6-7,17-18,21,27H,5,8-16,19H2,1H3/p+1. The lowest BCUT2D eigenvalue weighted by Crippen LogP contribution is -2.86. The van der Waals surface area contributed by atoms with E-state index in [0.29, 0.717) is 12.2 Å². The summed E-state index contributed by atoms with van der Waals surface area (Å²) in [6.45, 7) is 7.80. The van der Waals surface area contributed by atoms with Gasteiger partial charge in [0.05, 0.1) is 13.1 Å². The molecular formula is C26H35N2O+. The van der Waals surface area contributed by atoms with Crippen LogP contribution in [0, 0.1) is 12.8 Å². The molecule has 3 nitrogen and oxygen atoms in total. The van der Waals surface area contributed by atoms with Crippen LogP contribution in [-0.2, 0) is 19.4 Å². The largest absolute Gasteiger partial charge is 0.346 e. The first-order valence-electron chi connectivity index (χ1n) is 11.4. The lowest BCUT2D eigenvalue weighted by Gasteiger charge is -2.20. The minimum Gasteiger partial charge on any atom is -0.346 e. The van der Waals surface area contributed by atoms with E-state index in [2.05, 4.69) is 59.6 Å².